The second kappa shape index (κ2) is 5.27. The molecule has 1 unspecified atom stereocenters. The molecule has 0 spiro atoms. The molecule has 3 nitrogen and oxygen atoms in total. The zero-order valence-electron chi connectivity index (χ0n) is 10.4. The van der Waals surface area contributed by atoms with E-state index in [1.165, 1.54) is 0 Å². The van der Waals surface area contributed by atoms with Crippen LogP contribution in [0.3, 0.4) is 0 Å². The molecule has 0 radical (unpaired) electrons. The average molecular weight is 263 g/mol. The molecular formula is C14H15ClN2O. The molecule has 0 aliphatic rings. The van der Waals surface area contributed by atoms with E-state index >= 15 is 0 Å². The Morgan fingerprint density at radius 2 is 2.00 bits per heavy atom. The van der Waals surface area contributed by atoms with Crippen LogP contribution in [0.15, 0.2) is 42.6 Å². The largest absolute Gasteiger partial charge is 0.347 e. The summed E-state index contributed by atoms with van der Waals surface area (Å²) in [6.45, 7) is 1.92. The highest BCUT2D eigenvalue weighted by Crippen LogP contribution is 2.22. The number of benzene rings is 1. The van der Waals surface area contributed by atoms with Gasteiger partial charge in [-0.05, 0) is 30.7 Å². The van der Waals surface area contributed by atoms with E-state index in [0.29, 0.717) is 10.7 Å². The van der Waals surface area contributed by atoms with Gasteiger partial charge in [0.1, 0.15) is 5.69 Å². The lowest BCUT2D eigenvalue weighted by molar-refractivity contribution is 0.0931. The van der Waals surface area contributed by atoms with E-state index in [2.05, 4.69) is 5.32 Å². The number of hydrogen-bond donors (Lipinski definition) is 1. The Morgan fingerprint density at radius 3 is 2.61 bits per heavy atom. The molecule has 0 aliphatic heterocycles. The van der Waals surface area contributed by atoms with Crippen LogP contribution in [0.5, 0.6) is 0 Å². The Balaban J connectivity index is 2.13. The third-order valence-corrected chi connectivity index (χ3v) is 3.24. The Hall–Kier alpha value is -1.74. The fourth-order valence-electron chi connectivity index (χ4n) is 1.87. The molecule has 1 aromatic heterocycles. The van der Waals surface area contributed by atoms with Crippen LogP contribution < -0.4 is 5.32 Å². The van der Waals surface area contributed by atoms with Crippen molar-refractivity contribution in [2.75, 3.05) is 0 Å². The van der Waals surface area contributed by atoms with Crippen LogP contribution >= 0.6 is 11.6 Å². The number of amides is 1. The van der Waals surface area contributed by atoms with Crippen molar-refractivity contribution in [3.8, 4) is 0 Å². The normalized spacial score (nSPS) is 12.2. The number of carbonyl (C=O) groups is 1. The van der Waals surface area contributed by atoms with E-state index in [1.54, 1.807) is 10.6 Å². The summed E-state index contributed by atoms with van der Waals surface area (Å²) in [7, 11) is 1.84. The first-order valence-electron chi connectivity index (χ1n) is 5.76. The first-order chi connectivity index (χ1) is 8.59. The van der Waals surface area contributed by atoms with Crippen LogP contribution in [0.4, 0.5) is 0 Å². The Bertz CT molecular complexity index is 562. The number of aromatic nitrogens is 1. The molecule has 0 saturated heterocycles. The maximum atomic E-state index is 12.0. The molecule has 4 heteroatoms. The van der Waals surface area contributed by atoms with Gasteiger partial charge in [0.15, 0.2) is 0 Å². The topological polar surface area (TPSA) is 34.0 Å². The minimum atomic E-state index is -0.124. The van der Waals surface area contributed by atoms with Crippen molar-refractivity contribution in [1.82, 2.24) is 9.88 Å². The van der Waals surface area contributed by atoms with E-state index in [0.717, 1.165) is 5.56 Å². The lowest BCUT2D eigenvalue weighted by atomic mass is 10.1. The zero-order chi connectivity index (χ0) is 13.1. The van der Waals surface area contributed by atoms with Crippen LogP contribution in [0.1, 0.15) is 29.0 Å². The Kier molecular flexibility index (Phi) is 3.72. The van der Waals surface area contributed by atoms with Crippen molar-refractivity contribution in [3.05, 3.63) is 58.9 Å². The van der Waals surface area contributed by atoms with E-state index in [9.17, 15) is 4.79 Å². The summed E-state index contributed by atoms with van der Waals surface area (Å²) in [6, 6.07) is 11.0. The van der Waals surface area contributed by atoms with Crippen molar-refractivity contribution in [2.24, 2.45) is 7.05 Å². The van der Waals surface area contributed by atoms with Gasteiger partial charge in [-0.25, -0.2) is 0 Å². The highest BCUT2D eigenvalue weighted by molar-refractivity contribution is 6.31. The lowest BCUT2D eigenvalue weighted by Gasteiger charge is -2.15. The molecule has 1 heterocycles. The smallest absolute Gasteiger partial charge is 0.268 e. The first-order valence-corrected chi connectivity index (χ1v) is 6.14. The molecule has 1 aromatic carbocycles. The van der Waals surface area contributed by atoms with E-state index in [4.69, 9.17) is 11.6 Å². The Morgan fingerprint density at radius 1 is 1.28 bits per heavy atom. The van der Waals surface area contributed by atoms with E-state index in [-0.39, 0.29) is 11.9 Å². The fourth-order valence-corrected chi connectivity index (χ4v) is 2.17. The number of halogens is 1. The van der Waals surface area contributed by atoms with Gasteiger partial charge in [0, 0.05) is 18.3 Å². The second-order valence-electron chi connectivity index (χ2n) is 4.22. The van der Waals surface area contributed by atoms with Gasteiger partial charge in [-0.1, -0.05) is 29.8 Å². The summed E-state index contributed by atoms with van der Waals surface area (Å²) in [5.74, 6) is -0.102. The maximum absolute atomic E-state index is 12.0. The average Bonchev–Trinajstić information content (AvgIpc) is 2.76. The van der Waals surface area contributed by atoms with Gasteiger partial charge in [0.2, 0.25) is 0 Å². The minimum Gasteiger partial charge on any atom is -0.347 e. The molecular weight excluding hydrogens is 248 g/mol. The van der Waals surface area contributed by atoms with Crippen molar-refractivity contribution >= 4 is 17.5 Å². The van der Waals surface area contributed by atoms with Crippen molar-refractivity contribution in [1.29, 1.82) is 0 Å². The third kappa shape index (κ3) is 2.57. The quantitative estimate of drug-likeness (QED) is 0.906. The molecule has 94 valence electrons. The monoisotopic (exact) mass is 262 g/mol. The first kappa shape index (κ1) is 12.7. The molecule has 1 amide bonds. The maximum Gasteiger partial charge on any atom is 0.268 e. The number of nitrogens with zero attached hydrogens (tertiary/aromatic N) is 1. The molecule has 2 aromatic rings. The molecule has 2 rings (SSSR count). The van der Waals surface area contributed by atoms with Gasteiger partial charge in [-0.15, -0.1) is 0 Å². The fraction of sp³-hybridized carbons (Fsp3) is 0.214. The SMILES string of the molecule is CC(NC(=O)c1cccn1C)c1ccccc1Cl. The van der Waals surface area contributed by atoms with Gasteiger partial charge >= 0.3 is 0 Å². The number of hydrogen-bond acceptors (Lipinski definition) is 1. The van der Waals surface area contributed by atoms with E-state index < -0.39 is 0 Å². The van der Waals surface area contributed by atoms with Crippen LogP contribution in [-0.4, -0.2) is 10.5 Å². The summed E-state index contributed by atoms with van der Waals surface area (Å²) < 4.78 is 1.79. The Labute approximate surface area is 111 Å². The van der Waals surface area contributed by atoms with Gasteiger partial charge in [0.05, 0.1) is 6.04 Å². The van der Waals surface area contributed by atoms with Crippen LogP contribution in [0.25, 0.3) is 0 Å². The van der Waals surface area contributed by atoms with Crippen molar-refractivity contribution in [3.63, 3.8) is 0 Å². The zero-order valence-corrected chi connectivity index (χ0v) is 11.1. The molecule has 0 aliphatic carbocycles. The molecule has 0 saturated carbocycles. The van der Waals surface area contributed by atoms with Crippen molar-refractivity contribution < 1.29 is 4.79 Å². The summed E-state index contributed by atoms with van der Waals surface area (Å²) in [5.41, 5.74) is 1.55. The number of nitrogens with one attached hydrogen (secondary N) is 1. The summed E-state index contributed by atoms with van der Waals surface area (Å²) in [4.78, 5) is 12.0. The number of rotatable bonds is 3. The highest BCUT2D eigenvalue weighted by Gasteiger charge is 2.14. The number of aryl methyl sites for hydroxylation is 1. The minimum absolute atomic E-state index is 0.102. The predicted molar refractivity (Wildman–Crippen MR) is 72.7 cm³/mol. The molecule has 0 bridgehead atoms. The summed E-state index contributed by atoms with van der Waals surface area (Å²) >= 11 is 6.10. The second-order valence-corrected chi connectivity index (χ2v) is 4.63. The predicted octanol–water partition coefficient (Wildman–Crippen LogP) is 3.17. The van der Waals surface area contributed by atoms with E-state index in [1.807, 2.05) is 50.5 Å². The van der Waals surface area contributed by atoms with Gasteiger partial charge in [-0.2, -0.15) is 0 Å². The van der Waals surface area contributed by atoms with Crippen LogP contribution in [-0.2, 0) is 7.05 Å². The van der Waals surface area contributed by atoms with Crippen LogP contribution in [0.2, 0.25) is 5.02 Å². The molecule has 1 N–H and O–H groups in total. The molecule has 18 heavy (non-hydrogen) atoms. The number of carbonyl (C=O) groups excluding carboxylic acids is 1. The third-order valence-electron chi connectivity index (χ3n) is 2.90. The standard InChI is InChI=1S/C14H15ClN2O/c1-10(11-6-3-4-7-12(11)15)16-14(18)13-8-5-9-17(13)2/h3-10H,1-2H3,(H,16,18). The van der Waals surface area contributed by atoms with Gasteiger partial charge < -0.3 is 9.88 Å². The van der Waals surface area contributed by atoms with Gasteiger partial charge in [0.25, 0.3) is 5.91 Å². The lowest BCUT2D eigenvalue weighted by Crippen LogP contribution is -2.28. The van der Waals surface area contributed by atoms with Crippen LogP contribution in [0, 0.1) is 0 Å². The highest BCUT2D eigenvalue weighted by atomic mass is 35.5. The molecule has 1 atom stereocenters. The summed E-state index contributed by atoms with van der Waals surface area (Å²) in [5, 5.41) is 3.60. The molecule has 0 fully saturated rings. The van der Waals surface area contributed by atoms with Gasteiger partial charge in [-0.3, -0.25) is 4.79 Å². The van der Waals surface area contributed by atoms with Crippen molar-refractivity contribution in [2.45, 2.75) is 13.0 Å². The summed E-state index contributed by atoms with van der Waals surface area (Å²) in [6.07, 6.45) is 1.84.